The van der Waals surface area contributed by atoms with E-state index in [2.05, 4.69) is 15.9 Å². The number of carbonyl (C=O) groups excluding carboxylic acids is 1. The Hall–Kier alpha value is -0.540. The molecule has 4 heteroatoms. The van der Waals surface area contributed by atoms with Crippen molar-refractivity contribution in [1.82, 2.24) is 4.90 Å². The first-order valence-corrected chi connectivity index (χ1v) is 6.10. The quantitative estimate of drug-likeness (QED) is 0.776. The van der Waals surface area contributed by atoms with E-state index < -0.39 is 0 Å². The second-order valence-electron chi connectivity index (χ2n) is 3.60. The highest BCUT2D eigenvalue weighted by atomic mass is 79.9. The van der Waals surface area contributed by atoms with Crippen LogP contribution in [-0.4, -0.2) is 23.9 Å². The van der Waals surface area contributed by atoms with E-state index in [4.69, 9.17) is 11.6 Å². The van der Waals surface area contributed by atoms with Crippen molar-refractivity contribution < 1.29 is 4.79 Å². The largest absolute Gasteiger partial charge is 0.339 e. The van der Waals surface area contributed by atoms with Gasteiger partial charge < -0.3 is 4.90 Å². The molecule has 0 bridgehead atoms. The van der Waals surface area contributed by atoms with Crippen LogP contribution in [0.15, 0.2) is 22.7 Å². The monoisotopic (exact) mass is 287 g/mol. The van der Waals surface area contributed by atoms with E-state index >= 15 is 0 Å². The van der Waals surface area contributed by atoms with Crippen molar-refractivity contribution in [2.24, 2.45) is 0 Å². The standard InChI is InChI=1S/C11H11BrClNO/c12-10-8(4-3-5-9(10)13)11(15)14-6-1-2-7-14/h3-5H,1-2,6-7H2. The fourth-order valence-electron chi connectivity index (χ4n) is 1.76. The SMILES string of the molecule is O=C(c1cccc(Cl)c1Br)N1CCCC1. The Morgan fingerprint density at radius 2 is 2.00 bits per heavy atom. The first-order chi connectivity index (χ1) is 7.20. The van der Waals surface area contributed by atoms with E-state index in [1.54, 1.807) is 18.2 Å². The maximum absolute atomic E-state index is 12.1. The highest BCUT2D eigenvalue weighted by Gasteiger charge is 2.21. The maximum atomic E-state index is 12.1. The number of halogens is 2. The average Bonchev–Trinajstić information content (AvgIpc) is 2.74. The van der Waals surface area contributed by atoms with Gasteiger partial charge in [0.15, 0.2) is 0 Å². The summed E-state index contributed by atoms with van der Waals surface area (Å²) < 4.78 is 0.698. The molecule has 15 heavy (non-hydrogen) atoms. The van der Waals surface area contributed by atoms with Crippen molar-refractivity contribution in [3.05, 3.63) is 33.3 Å². The van der Waals surface area contributed by atoms with Crippen LogP contribution in [0.1, 0.15) is 23.2 Å². The predicted molar refractivity (Wildman–Crippen MR) is 64.3 cm³/mol. The van der Waals surface area contributed by atoms with Gasteiger partial charge in [-0.15, -0.1) is 0 Å². The predicted octanol–water partition coefficient (Wildman–Crippen LogP) is 3.34. The number of hydrogen-bond donors (Lipinski definition) is 0. The third-order valence-corrected chi connectivity index (χ3v) is 3.97. The van der Waals surface area contributed by atoms with Gasteiger partial charge in [-0.05, 0) is 40.9 Å². The topological polar surface area (TPSA) is 20.3 Å². The summed E-state index contributed by atoms with van der Waals surface area (Å²) in [5.74, 6) is 0.0712. The lowest BCUT2D eigenvalue weighted by Crippen LogP contribution is -2.27. The molecule has 1 heterocycles. The molecule has 2 rings (SSSR count). The van der Waals surface area contributed by atoms with Crippen LogP contribution < -0.4 is 0 Å². The molecule has 0 unspecified atom stereocenters. The van der Waals surface area contributed by atoms with Crippen molar-refractivity contribution >= 4 is 33.4 Å². The summed E-state index contributed by atoms with van der Waals surface area (Å²) in [6.45, 7) is 1.72. The normalized spacial score (nSPS) is 15.7. The van der Waals surface area contributed by atoms with Crippen LogP contribution in [-0.2, 0) is 0 Å². The fourth-order valence-corrected chi connectivity index (χ4v) is 2.37. The van der Waals surface area contributed by atoms with Crippen molar-refractivity contribution in [3.63, 3.8) is 0 Å². The van der Waals surface area contributed by atoms with Crippen molar-refractivity contribution in [2.75, 3.05) is 13.1 Å². The van der Waals surface area contributed by atoms with Crippen molar-refractivity contribution in [2.45, 2.75) is 12.8 Å². The van der Waals surface area contributed by atoms with Gasteiger partial charge in [-0.3, -0.25) is 4.79 Å². The molecule has 0 N–H and O–H groups in total. The van der Waals surface area contributed by atoms with Crippen LogP contribution in [0.4, 0.5) is 0 Å². The van der Waals surface area contributed by atoms with E-state index in [0.717, 1.165) is 25.9 Å². The molecule has 1 fully saturated rings. The summed E-state index contributed by atoms with van der Waals surface area (Å²) >= 11 is 9.30. The molecule has 0 atom stereocenters. The third kappa shape index (κ3) is 2.18. The highest BCUT2D eigenvalue weighted by Crippen LogP contribution is 2.27. The zero-order valence-electron chi connectivity index (χ0n) is 8.17. The first-order valence-electron chi connectivity index (χ1n) is 4.93. The molecular formula is C11H11BrClNO. The lowest BCUT2D eigenvalue weighted by molar-refractivity contribution is 0.0792. The third-order valence-electron chi connectivity index (χ3n) is 2.58. The number of carbonyl (C=O) groups is 1. The Balaban J connectivity index is 2.28. The van der Waals surface area contributed by atoms with Crippen LogP contribution in [0.5, 0.6) is 0 Å². The molecule has 1 amide bonds. The van der Waals surface area contributed by atoms with E-state index in [9.17, 15) is 4.79 Å². The summed E-state index contributed by atoms with van der Waals surface area (Å²) in [5, 5.41) is 0.583. The van der Waals surface area contributed by atoms with Gasteiger partial charge in [0.2, 0.25) is 0 Å². The van der Waals surface area contributed by atoms with E-state index in [-0.39, 0.29) is 5.91 Å². The van der Waals surface area contributed by atoms with Crippen LogP contribution in [0.25, 0.3) is 0 Å². The van der Waals surface area contributed by atoms with Gasteiger partial charge in [0.1, 0.15) is 0 Å². The molecule has 1 aromatic rings. The van der Waals surface area contributed by atoms with Gasteiger partial charge >= 0.3 is 0 Å². The summed E-state index contributed by atoms with van der Waals surface area (Å²) in [6, 6.07) is 5.37. The zero-order valence-corrected chi connectivity index (χ0v) is 10.5. The Morgan fingerprint density at radius 3 is 2.67 bits per heavy atom. The Bertz CT molecular complexity index is 388. The number of benzene rings is 1. The second-order valence-corrected chi connectivity index (χ2v) is 4.80. The molecule has 0 spiro atoms. The maximum Gasteiger partial charge on any atom is 0.255 e. The number of nitrogens with zero attached hydrogens (tertiary/aromatic N) is 1. The Morgan fingerprint density at radius 1 is 1.33 bits per heavy atom. The Labute approximate surface area is 102 Å². The molecule has 0 aliphatic carbocycles. The van der Waals surface area contributed by atoms with Crippen LogP contribution in [0.3, 0.4) is 0 Å². The van der Waals surface area contributed by atoms with Gasteiger partial charge in [0, 0.05) is 17.6 Å². The van der Waals surface area contributed by atoms with E-state index in [1.807, 2.05) is 4.90 Å². The minimum Gasteiger partial charge on any atom is -0.339 e. The molecule has 80 valence electrons. The van der Waals surface area contributed by atoms with Gasteiger partial charge in [-0.2, -0.15) is 0 Å². The molecule has 0 radical (unpaired) electrons. The van der Waals surface area contributed by atoms with Crippen LogP contribution in [0.2, 0.25) is 5.02 Å². The summed E-state index contributed by atoms with van der Waals surface area (Å²) in [6.07, 6.45) is 2.20. The molecule has 0 aromatic heterocycles. The smallest absolute Gasteiger partial charge is 0.255 e. The minimum atomic E-state index is 0.0712. The van der Waals surface area contributed by atoms with E-state index in [0.29, 0.717) is 15.1 Å². The van der Waals surface area contributed by atoms with Crippen molar-refractivity contribution in [3.8, 4) is 0 Å². The molecule has 2 nitrogen and oxygen atoms in total. The molecular weight excluding hydrogens is 277 g/mol. The molecule has 1 saturated heterocycles. The number of rotatable bonds is 1. The average molecular weight is 289 g/mol. The van der Waals surface area contributed by atoms with Crippen molar-refractivity contribution in [1.29, 1.82) is 0 Å². The lowest BCUT2D eigenvalue weighted by Gasteiger charge is -2.16. The molecule has 0 saturated carbocycles. The Kier molecular flexibility index (Phi) is 3.32. The molecule has 1 aromatic carbocycles. The van der Waals surface area contributed by atoms with Gasteiger partial charge in [-0.1, -0.05) is 17.7 Å². The van der Waals surface area contributed by atoms with Crippen LogP contribution >= 0.6 is 27.5 Å². The fraction of sp³-hybridized carbons (Fsp3) is 0.364. The van der Waals surface area contributed by atoms with Gasteiger partial charge in [0.05, 0.1) is 10.6 Å². The number of amides is 1. The van der Waals surface area contributed by atoms with Crippen LogP contribution in [0, 0.1) is 0 Å². The summed E-state index contributed by atoms with van der Waals surface area (Å²) in [7, 11) is 0. The van der Waals surface area contributed by atoms with Gasteiger partial charge in [0.25, 0.3) is 5.91 Å². The summed E-state index contributed by atoms with van der Waals surface area (Å²) in [4.78, 5) is 13.9. The number of likely N-dealkylation sites (tertiary alicyclic amines) is 1. The number of hydrogen-bond acceptors (Lipinski definition) is 1. The van der Waals surface area contributed by atoms with E-state index in [1.165, 1.54) is 0 Å². The summed E-state index contributed by atoms with van der Waals surface area (Å²) in [5.41, 5.74) is 0.657. The van der Waals surface area contributed by atoms with Gasteiger partial charge in [-0.25, -0.2) is 0 Å². The minimum absolute atomic E-state index is 0.0712. The lowest BCUT2D eigenvalue weighted by atomic mass is 10.2. The highest BCUT2D eigenvalue weighted by molar-refractivity contribution is 9.10. The molecule has 1 aliphatic rings. The second kappa shape index (κ2) is 4.54. The zero-order chi connectivity index (χ0) is 10.8. The first kappa shape index (κ1) is 11.0. The molecule has 1 aliphatic heterocycles.